The number of rotatable bonds is 4. The maximum Gasteiger partial charge on any atom is 0.338 e. The highest BCUT2D eigenvalue weighted by molar-refractivity contribution is 5.89. The van der Waals surface area contributed by atoms with Gasteiger partial charge in [0.2, 0.25) is 0 Å². The molecule has 3 aromatic rings. The molecular formula is C23H22O9. The quantitative estimate of drug-likeness (QED) is 0.379. The van der Waals surface area contributed by atoms with Crippen LogP contribution in [0.1, 0.15) is 38.0 Å². The van der Waals surface area contributed by atoms with Crippen molar-refractivity contribution in [3.8, 4) is 17.2 Å². The second-order valence-electron chi connectivity index (χ2n) is 5.97. The molecule has 3 rings (SSSR count). The first kappa shape index (κ1) is 25.5. The molecule has 0 heterocycles. The SMILES string of the molecule is CCOC(=O)c1ccc(O)cc1.O=C(O)c1ccc(O)cc1.O=C(O)c1ccc(O)cc1. The molecule has 0 saturated heterocycles. The maximum absolute atomic E-state index is 11.1. The number of aromatic carboxylic acids is 2. The number of phenolic OH excluding ortho intramolecular Hbond substituents is 3. The fraction of sp³-hybridized carbons (Fsp3) is 0.0870. The smallest absolute Gasteiger partial charge is 0.338 e. The van der Waals surface area contributed by atoms with Gasteiger partial charge in [0.05, 0.1) is 23.3 Å². The van der Waals surface area contributed by atoms with E-state index in [1.807, 2.05) is 0 Å². The molecule has 32 heavy (non-hydrogen) atoms. The lowest BCUT2D eigenvalue weighted by Gasteiger charge is -2.00. The van der Waals surface area contributed by atoms with E-state index >= 15 is 0 Å². The van der Waals surface area contributed by atoms with Crippen LogP contribution in [-0.2, 0) is 4.74 Å². The average molecular weight is 442 g/mol. The number of carboxylic acid groups (broad SMARTS) is 2. The predicted octanol–water partition coefficient (Wildman–Crippen LogP) is 3.75. The Kier molecular flexibility index (Phi) is 10.3. The first-order valence-electron chi connectivity index (χ1n) is 9.14. The van der Waals surface area contributed by atoms with Crippen LogP contribution in [0.3, 0.4) is 0 Å². The molecule has 0 amide bonds. The molecule has 0 radical (unpaired) electrons. The van der Waals surface area contributed by atoms with Crippen molar-refractivity contribution < 1.29 is 44.7 Å². The summed E-state index contributed by atoms with van der Waals surface area (Å²) in [7, 11) is 0. The monoisotopic (exact) mass is 442 g/mol. The minimum absolute atomic E-state index is 0.0741. The summed E-state index contributed by atoms with van der Waals surface area (Å²) in [5.41, 5.74) is 0.810. The highest BCUT2D eigenvalue weighted by Gasteiger charge is 2.04. The number of carboxylic acids is 2. The van der Waals surface area contributed by atoms with Crippen LogP contribution in [0, 0.1) is 0 Å². The zero-order valence-corrected chi connectivity index (χ0v) is 17.0. The standard InChI is InChI=1S/C9H10O3.2C7H6O3/c1-2-12-9(11)7-3-5-8(10)6-4-7;2*8-6-3-1-5(2-4-6)7(9)10/h3-6,10H,2H2,1H3;2*1-4,8H,(H,9,10). The number of hydrogen-bond donors (Lipinski definition) is 5. The number of benzene rings is 3. The average Bonchev–Trinajstić information content (AvgIpc) is 2.76. The molecule has 5 N–H and O–H groups in total. The van der Waals surface area contributed by atoms with Gasteiger partial charge in [-0.05, 0) is 79.7 Å². The van der Waals surface area contributed by atoms with Crippen molar-refractivity contribution in [2.75, 3.05) is 6.61 Å². The van der Waals surface area contributed by atoms with Crippen molar-refractivity contribution in [1.29, 1.82) is 0 Å². The normalized spacial score (nSPS) is 9.28. The van der Waals surface area contributed by atoms with E-state index in [-0.39, 0.29) is 34.3 Å². The number of phenols is 3. The van der Waals surface area contributed by atoms with Crippen molar-refractivity contribution >= 4 is 17.9 Å². The molecule has 0 aliphatic heterocycles. The predicted molar refractivity (Wildman–Crippen MR) is 114 cm³/mol. The molecule has 0 aliphatic carbocycles. The summed E-state index contributed by atoms with van der Waals surface area (Å²) in [4.78, 5) is 31.5. The summed E-state index contributed by atoms with van der Waals surface area (Å²) < 4.78 is 4.75. The van der Waals surface area contributed by atoms with Gasteiger partial charge in [0.1, 0.15) is 17.2 Å². The summed E-state index contributed by atoms with van der Waals surface area (Å²) in [5.74, 6) is -2.05. The Balaban J connectivity index is 0.000000241. The number of ether oxygens (including phenoxy) is 1. The van der Waals surface area contributed by atoms with Gasteiger partial charge in [-0.1, -0.05) is 0 Å². The lowest BCUT2D eigenvalue weighted by molar-refractivity contribution is 0.0525. The third-order valence-electron chi connectivity index (χ3n) is 3.61. The van der Waals surface area contributed by atoms with Gasteiger partial charge < -0.3 is 30.3 Å². The van der Waals surface area contributed by atoms with Gasteiger partial charge in [-0.2, -0.15) is 0 Å². The van der Waals surface area contributed by atoms with Gasteiger partial charge in [0, 0.05) is 0 Å². The molecule has 0 aliphatic rings. The topological polar surface area (TPSA) is 162 Å². The van der Waals surface area contributed by atoms with E-state index in [1.54, 1.807) is 6.92 Å². The van der Waals surface area contributed by atoms with Crippen LogP contribution in [0.5, 0.6) is 17.2 Å². The fourth-order valence-corrected chi connectivity index (χ4v) is 2.02. The first-order valence-corrected chi connectivity index (χ1v) is 9.14. The van der Waals surface area contributed by atoms with Crippen molar-refractivity contribution in [2.45, 2.75) is 6.92 Å². The van der Waals surface area contributed by atoms with Gasteiger partial charge in [-0.3, -0.25) is 0 Å². The van der Waals surface area contributed by atoms with E-state index in [9.17, 15) is 14.4 Å². The van der Waals surface area contributed by atoms with Gasteiger partial charge in [-0.25, -0.2) is 14.4 Å². The van der Waals surface area contributed by atoms with Gasteiger partial charge in [0.25, 0.3) is 0 Å². The molecule has 3 aromatic carbocycles. The maximum atomic E-state index is 11.1. The summed E-state index contributed by atoms with van der Waals surface area (Å²) in [5, 5.41) is 43.2. The number of esters is 1. The molecule has 0 saturated carbocycles. The van der Waals surface area contributed by atoms with E-state index < -0.39 is 11.9 Å². The summed E-state index contributed by atoms with van der Waals surface area (Å²) in [6, 6.07) is 16.7. The molecule has 0 fully saturated rings. The number of aromatic hydroxyl groups is 3. The molecule has 0 aromatic heterocycles. The summed E-state index contributed by atoms with van der Waals surface area (Å²) in [6.07, 6.45) is 0. The van der Waals surface area contributed by atoms with Crippen LogP contribution in [0.15, 0.2) is 72.8 Å². The molecule has 0 bridgehead atoms. The third kappa shape index (κ3) is 9.31. The van der Waals surface area contributed by atoms with Gasteiger partial charge in [-0.15, -0.1) is 0 Å². The van der Waals surface area contributed by atoms with E-state index in [0.717, 1.165) is 0 Å². The Bertz CT molecular complexity index is 953. The minimum Gasteiger partial charge on any atom is -0.508 e. The second kappa shape index (κ2) is 12.9. The number of carbonyl (C=O) groups excluding carboxylic acids is 1. The molecule has 0 atom stereocenters. The molecular weight excluding hydrogens is 420 g/mol. The molecule has 9 heteroatoms. The van der Waals surface area contributed by atoms with E-state index in [0.29, 0.717) is 12.2 Å². The van der Waals surface area contributed by atoms with E-state index in [4.69, 9.17) is 30.3 Å². The van der Waals surface area contributed by atoms with Crippen LogP contribution < -0.4 is 0 Å². The van der Waals surface area contributed by atoms with Crippen molar-refractivity contribution in [3.05, 3.63) is 89.5 Å². The van der Waals surface area contributed by atoms with Gasteiger partial charge >= 0.3 is 17.9 Å². The second-order valence-corrected chi connectivity index (χ2v) is 5.97. The zero-order chi connectivity index (χ0) is 24.1. The van der Waals surface area contributed by atoms with Crippen LogP contribution >= 0.6 is 0 Å². The van der Waals surface area contributed by atoms with Crippen molar-refractivity contribution in [1.82, 2.24) is 0 Å². The zero-order valence-electron chi connectivity index (χ0n) is 17.0. The Morgan fingerprint density at radius 2 is 0.875 bits per heavy atom. The van der Waals surface area contributed by atoms with Gasteiger partial charge in [0.15, 0.2) is 0 Å². The number of carbonyl (C=O) groups is 3. The lowest BCUT2D eigenvalue weighted by atomic mass is 10.2. The van der Waals surface area contributed by atoms with Crippen LogP contribution in [0.25, 0.3) is 0 Å². The fourth-order valence-electron chi connectivity index (χ4n) is 2.02. The Morgan fingerprint density at radius 3 is 1.12 bits per heavy atom. The van der Waals surface area contributed by atoms with Crippen LogP contribution in [-0.4, -0.2) is 50.0 Å². The van der Waals surface area contributed by atoms with E-state index in [2.05, 4.69) is 0 Å². The summed E-state index contributed by atoms with van der Waals surface area (Å²) in [6.45, 7) is 2.11. The minimum atomic E-state index is -0.986. The highest BCUT2D eigenvalue weighted by atomic mass is 16.5. The molecule has 0 spiro atoms. The lowest BCUT2D eigenvalue weighted by Crippen LogP contribution is -2.03. The first-order chi connectivity index (χ1) is 15.1. The van der Waals surface area contributed by atoms with E-state index in [1.165, 1.54) is 72.8 Å². The third-order valence-corrected chi connectivity index (χ3v) is 3.61. The Hall–Kier alpha value is -4.53. The molecule has 9 nitrogen and oxygen atoms in total. The molecule has 168 valence electrons. The van der Waals surface area contributed by atoms with Crippen LogP contribution in [0.2, 0.25) is 0 Å². The largest absolute Gasteiger partial charge is 0.508 e. The van der Waals surface area contributed by atoms with Crippen molar-refractivity contribution in [3.63, 3.8) is 0 Å². The van der Waals surface area contributed by atoms with Crippen molar-refractivity contribution in [2.24, 2.45) is 0 Å². The summed E-state index contributed by atoms with van der Waals surface area (Å²) >= 11 is 0. The highest BCUT2D eigenvalue weighted by Crippen LogP contribution is 2.11. The molecule has 0 unspecified atom stereocenters. The number of hydrogen-bond acceptors (Lipinski definition) is 7. The Labute approximate surface area is 183 Å². The Morgan fingerprint density at radius 1 is 0.594 bits per heavy atom. The van der Waals surface area contributed by atoms with Crippen LogP contribution in [0.4, 0.5) is 0 Å².